The highest BCUT2D eigenvalue weighted by atomic mass is 79.9. The van der Waals surface area contributed by atoms with Crippen LogP contribution in [0.1, 0.15) is 24.2 Å². The van der Waals surface area contributed by atoms with E-state index in [1.165, 1.54) is 5.56 Å². The van der Waals surface area contributed by atoms with E-state index in [0.29, 0.717) is 0 Å². The van der Waals surface area contributed by atoms with Crippen molar-refractivity contribution in [1.82, 2.24) is 9.88 Å². The van der Waals surface area contributed by atoms with Crippen LogP contribution in [0.5, 0.6) is 0 Å². The number of nitrogens with two attached hydrogens (primary N) is 1. The Kier molecular flexibility index (Phi) is 5.10. The van der Waals surface area contributed by atoms with Crippen LogP contribution < -0.4 is 5.73 Å². The van der Waals surface area contributed by atoms with Crippen molar-refractivity contribution in [3.8, 4) is 0 Å². The van der Waals surface area contributed by atoms with Gasteiger partial charge in [-0.2, -0.15) is 0 Å². The summed E-state index contributed by atoms with van der Waals surface area (Å²) in [4.78, 5) is 6.59. The van der Waals surface area contributed by atoms with Crippen LogP contribution in [0.4, 0.5) is 0 Å². The van der Waals surface area contributed by atoms with Gasteiger partial charge in [0.25, 0.3) is 0 Å². The molecule has 0 aliphatic heterocycles. The van der Waals surface area contributed by atoms with E-state index in [4.69, 9.17) is 5.73 Å². The van der Waals surface area contributed by atoms with Crippen molar-refractivity contribution in [3.05, 3.63) is 50.9 Å². The maximum atomic E-state index is 6.17. The minimum atomic E-state index is 0.0536. The van der Waals surface area contributed by atoms with Gasteiger partial charge < -0.3 is 5.73 Å². The normalized spacial score (nSPS) is 14.6. The molecule has 2 atom stereocenters. The summed E-state index contributed by atoms with van der Waals surface area (Å²) in [7, 11) is 2.09. The predicted octanol–water partition coefficient (Wildman–Crippen LogP) is 3.43. The largest absolute Gasteiger partial charge is 0.326 e. The third kappa shape index (κ3) is 3.86. The van der Waals surface area contributed by atoms with Crippen LogP contribution in [0.3, 0.4) is 0 Å². The molecule has 0 saturated heterocycles. The first-order valence-corrected chi connectivity index (χ1v) is 7.90. The molecular weight excluding hydrogens is 322 g/mol. The Labute approximate surface area is 126 Å². The van der Waals surface area contributed by atoms with Crippen LogP contribution in [-0.2, 0) is 6.54 Å². The lowest BCUT2D eigenvalue weighted by Crippen LogP contribution is -2.37. The Morgan fingerprint density at radius 1 is 1.47 bits per heavy atom. The number of hydrogen-bond donors (Lipinski definition) is 1. The van der Waals surface area contributed by atoms with Crippen molar-refractivity contribution in [2.24, 2.45) is 5.73 Å². The second-order valence-corrected chi connectivity index (χ2v) is 6.39. The Balaban J connectivity index is 2.20. The summed E-state index contributed by atoms with van der Waals surface area (Å²) in [5.41, 5.74) is 10.4. The van der Waals surface area contributed by atoms with Gasteiger partial charge in [0, 0.05) is 28.5 Å². The molecule has 0 spiro atoms. The Bertz CT molecular complexity index is 513. The third-order valence-electron chi connectivity index (χ3n) is 3.06. The number of likely N-dealkylation sites (N-methyl/N-ethyl adjacent to an activating group) is 1. The molecule has 1 aromatic heterocycles. The van der Waals surface area contributed by atoms with Crippen LogP contribution in [0, 0.1) is 0 Å². The van der Waals surface area contributed by atoms with Gasteiger partial charge in [-0.05, 0) is 31.7 Å². The van der Waals surface area contributed by atoms with E-state index in [0.717, 1.165) is 16.7 Å². The summed E-state index contributed by atoms with van der Waals surface area (Å²) in [6.07, 6.45) is 0. The lowest BCUT2D eigenvalue weighted by molar-refractivity contribution is 0.209. The van der Waals surface area contributed by atoms with Crippen molar-refractivity contribution in [3.63, 3.8) is 0 Å². The second-order valence-electron chi connectivity index (χ2n) is 4.75. The van der Waals surface area contributed by atoms with Crippen molar-refractivity contribution in [2.45, 2.75) is 25.6 Å². The summed E-state index contributed by atoms with van der Waals surface area (Å²) in [5.74, 6) is 0. The van der Waals surface area contributed by atoms with Gasteiger partial charge in [-0.1, -0.05) is 28.1 Å². The zero-order valence-corrected chi connectivity index (χ0v) is 13.5. The molecule has 0 saturated carbocycles. The van der Waals surface area contributed by atoms with Crippen LogP contribution in [0.2, 0.25) is 0 Å². The molecule has 2 unspecified atom stereocenters. The van der Waals surface area contributed by atoms with E-state index >= 15 is 0 Å². The van der Waals surface area contributed by atoms with Crippen molar-refractivity contribution in [1.29, 1.82) is 0 Å². The van der Waals surface area contributed by atoms with Gasteiger partial charge in [0.1, 0.15) is 0 Å². The summed E-state index contributed by atoms with van der Waals surface area (Å²) >= 11 is 5.14. The van der Waals surface area contributed by atoms with E-state index in [-0.39, 0.29) is 12.1 Å². The number of hydrogen-bond acceptors (Lipinski definition) is 4. The quantitative estimate of drug-likeness (QED) is 0.907. The van der Waals surface area contributed by atoms with E-state index in [1.807, 2.05) is 24.6 Å². The van der Waals surface area contributed by atoms with Crippen molar-refractivity contribution in [2.75, 3.05) is 7.05 Å². The highest BCUT2D eigenvalue weighted by Gasteiger charge is 2.21. The van der Waals surface area contributed by atoms with Gasteiger partial charge in [0.15, 0.2) is 0 Å². The van der Waals surface area contributed by atoms with E-state index in [2.05, 4.69) is 50.4 Å². The lowest BCUT2D eigenvalue weighted by atomic mass is 9.99. The number of benzene rings is 1. The fourth-order valence-corrected chi connectivity index (χ4v) is 3.29. The SMILES string of the molecule is CC(N)C(c1cccc(Br)c1)N(C)Cc1cscn1. The maximum absolute atomic E-state index is 6.17. The minimum absolute atomic E-state index is 0.0536. The standard InChI is InChI=1S/C14H18BrN3S/c1-10(16)14(11-4-3-5-12(15)6-11)18(2)7-13-8-19-9-17-13/h3-6,8-10,14H,7,16H2,1-2H3. The molecule has 0 aliphatic rings. The summed E-state index contributed by atoms with van der Waals surface area (Å²) in [5, 5.41) is 2.08. The zero-order valence-electron chi connectivity index (χ0n) is 11.1. The number of nitrogens with zero attached hydrogens (tertiary/aromatic N) is 2. The van der Waals surface area contributed by atoms with Crippen LogP contribution in [0.25, 0.3) is 0 Å². The number of halogens is 1. The average Bonchev–Trinajstić information content (AvgIpc) is 2.81. The molecule has 0 radical (unpaired) electrons. The molecule has 2 rings (SSSR count). The van der Waals surface area contributed by atoms with E-state index in [1.54, 1.807) is 11.3 Å². The number of aromatic nitrogens is 1. The summed E-state index contributed by atoms with van der Waals surface area (Å²) in [6, 6.07) is 8.56. The topological polar surface area (TPSA) is 42.1 Å². The van der Waals surface area contributed by atoms with Crippen molar-refractivity contribution >= 4 is 27.3 Å². The molecule has 1 aromatic carbocycles. The first-order chi connectivity index (χ1) is 9.08. The van der Waals surface area contributed by atoms with Gasteiger partial charge in [0.05, 0.1) is 11.2 Å². The maximum Gasteiger partial charge on any atom is 0.0795 e. The fraction of sp³-hybridized carbons (Fsp3) is 0.357. The molecule has 2 N–H and O–H groups in total. The fourth-order valence-electron chi connectivity index (χ4n) is 2.32. The second kappa shape index (κ2) is 6.61. The Morgan fingerprint density at radius 3 is 2.84 bits per heavy atom. The first kappa shape index (κ1) is 14.7. The van der Waals surface area contributed by atoms with E-state index in [9.17, 15) is 0 Å². The van der Waals surface area contributed by atoms with Gasteiger partial charge >= 0.3 is 0 Å². The van der Waals surface area contributed by atoms with Gasteiger partial charge in [-0.3, -0.25) is 4.90 Å². The molecular formula is C14H18BrN3S. The lowest BCUT2D eigenvalue weighted by Gasteiger charge is -2.31. The monoisotopic (exact) mass is 339 g/mol. The molecule has 2 aromatic rings. The average molecular weight is 340 g/mol. The Hall–Kier alpha value is -0.750. The summed E-state index contributed by atoms with van der Waals surface area (Å²) < 4.78 is 1.08. The van der Waals surface area contributed by atoms with Crippen molar-refractivity contribution < 1.29 is 0 Å². The van der Waals surface area contributed by atoms with Crippen LogP contribution in [0.15, 0.2) is 39.6 Å². The van der Waals surface area contributed by atoms with Gasteiger partial charge in [-0.15, -0.1) is 11.3 Å². The Morgan fingerprint density at radius 2 is 2.26 bits per heavy atom. The molecule has 19 heavy (non-hydrogen) atoms. The highest BCUT2D eigenvalue weighted by Crippen LogP contribution is 2.26. The molecule has 0 aliphatic carbocycles. The predicted molar refractivity (Wildman–Crippen MR) is 84.1 cm³/mol. The highest BCUT2D eigenvalue weighted by molar-refractivity contribution is 9.10. The minimum Gasteiger partial charge on any atom is -0.326 e. The third-order valence-corrected chi connectivity index (χ3v) is 4.19. The molecule has 3 nitrogen and oxygen atoms in total. The molecule has 1 heterocycles. The number of rotatable bonds is 5. The summed E-state index contributed by atoms with van der Waals surface area (Å²) in [6.45, 7) is 2.85. The van der Waals surface area contributed by atoms with Gasteiger partial charge in [0.2, 0.25) is 0 Å². The molecule has 0 fully saturated rings. The number of thiazole rings is 1. The molecule has 0 amide bonds. The van der Waals surface area contributed by atoms with Crippen LogP contribution >= 0.6 is 27.3 Å². The molecule has 102 valence electrons. The van der Waals surface area contributed by atoms with Gasteiger partial charge in [-0.25, -0.2) is 4.98 Å². The first-order valence-electron chi connectivity index (χ1n) is 6.16. The van der Waals surface area contributed by atoms with E-state index < -0.39 is 0 Å². The van der Waals surface area contributed by atoms with Crippen LogP contribution in [-0.4, -0.2) is 23.0 Å². The molecule has 0 bridgehead atoms. The zero-order chi connectivity index (χ0) is 13.8. The smallest absolute Gasteiger partial charge is 0.0795 e. The molecule has 5 heteroatoms.